The van der Waals surface area contributed by atoms with Gasteiger partial charge in [-0.25, -0.2) is 0 Å². The normalized spacial score (nSPS) is 13.0. The van der Waals surface area contributed by atoms with Crippen molar-refractivity contribution in [1.29, 1.82) is 0 Å². The van der Waals surface area contributed by atoms with E-state index < -0.39 is 5.91 Å². The van der Waals surface area contributed by atoms with Crippen LogP contribution in [-0.4, -0.2) is 34.1 Å². The summed E-state index contributed by atoms with van der Waals surface area (Å²) in [6.45, 7) is 7.59. The maximum atomic E-state index is 11.9. The molecule has 5 heteroatoms. The monoisotopic (exact) mass is 278 g/mol. The lowest BCUT2D eigenvalue weighted by Crippen LogP contribution is -2.47. The first-order valence-corrected chi connectivity index (χ1v) is 5.91. The third kappa shape index (κ3) is 4.64. The molecule has 0 aromatic rings. The average Bonchev–Trinajstić information content (AvgIpc) is 2.10. The van der Waals surface area contributed by atoms with Crippen molar-refractivity contribution in [2.45, 2.75) is 38.6 Å². The van der Waals surface area contributed by atoms with Gasteiger partial charge < -0.3 is 10.6 Å². The first kappa shape index (κ1) is 14.4. The molecule has 0 radical (unpaired) electrons. The van der Waals surface area contributed by atoms with Gasteiger partial charge in [-0.15, -0.1) is 0 Å². The molecule has 15 heavy (non-hydrogen) atoms. The van der Waals surface area contributed by atoms with Crippen LogP contribution < -0.4 is 5.73 Å². The average molecular weight is 279 g/mol. The van der Waals surface area contributed by atoms with E-state index in [1.165, 1.54) is 4.90 Å². The van der Waals surface area contributed by atoms with Crippen LogP contribution in [0.4, 0.5) is 0 Å². The number of rotatable bonds is 5. The number of nitrogens with zero attached hydrogens (tertiary/aromatic N) is 1. The molecule has 88 valence electrons. The maximum Gasteiger partial charge on any atom is 0.237 e. The fourth-order valence-electron chi connectivity index (χ4n) is 1.13. The van der Waals surface area contributed by atoms with Gasteiger partial charge in [-0.1, -0.05) is 29.8 Å². The molecular weight excluding hydrogens is 260 g/mol. The minimum atomic E-state index is -0.486. The molecule has 0 aliphatic heterocycles. The zero-order valence-electron chi connectivity index (χ0n) is 9.66. The van der Waals surface area contributed by atoms with Gasteiger partial charge in [0.1, 0.15) is 0 Å². The molecular formula is C10H19BrN2O2. The van der Waals surface area contributed by atoms with Crippen LogP contribution in [0.5, 0.6) is 0 Å². The molecule has 2 N–H and O–H groups in total. The van der Waals surface area contributed by atoms with Gasteiger partial charge in [0.15, 0.2) is 0 Å². The lowest BCUT2D eigenvalue weighted by atomic mass is 10.1. The quantitative estimate of drug-likeness (QED) is 0.767. The molecule has 0 aliphatic carbocycles. The smallest absolute Gasteiger partial charge is 0.237 e. The fraction of sp³-hybridized carbons (Fsp3) is 0.800. The van der Waals surface area contributed by atoms with Gasteiger partial charge in [0.25, 0.3) is 0 Å². The Hall–Kier alpha value is -0.580. The van der Waals surface area contributed by atoms with Crippen molar-refractivity contribution in [3.8, 4) is 0 Å². The Morgan fingerprint density at radius 2 is 1.73 bits per heavy atom. The topological polar surface area (TPSA) is 63.4 Å². The molecule has 0 fully saturated rings. The molecule has 0 saturated heterocycles. The van der Waals surface area contributed by atoms with E-state index in [4.69, 9.17) is 5.73 Å². The molecule has 1 unspecified atom stereocenters. The van der Waals surface area contributed by atoms with Gasteiger partial charge in [0.2, 0.25) is 11.8 Å². The van der Waals surface area contributed by atoms with Crippen molar-refractivity contribution in [1.82, 2.24) is 4.90 Å². The SMILES string of the molecule is CC(C)C(Br)C(=O)N(CC(N)=O)C(C)C. The van der Waals surface area contributed by atoms with E-state index >= 15 is 0 Å². The molecule has 0 rings (SSSR count). The van der Waals surface area contributed by atoms with Gasteiger partial charge in [-0.3, -0.25) is 9.59 Å². The van der Waals surface area contributed by atoms with E-state index in [2.05, 4.69) is 15.9 Å². The number of hydrogen-bond acceptors (Lipinski definition) is 2. The molecule has 0 saturated carbocycles. The summed E-state index contributed by atoms with van der Waals surface area (Å²) in [4.78, 5) is 24.0. The molecule has 0 heterocycles. The second-order valence-electron chi connectivity index (χ2n) is 4.17. The summed E-state index contributed by atoms with van der Waals surface area (Å²) in [6.07, 6.45) is 0. The van der Waals surface area contributed by atoms with Crippen molar-refractivity contribution in [3.63, 3.8) is 0 Å². The number of amides is 2. The van der Waals surface area contributed by atoms with Crippen LogP contribution in [0.1, 0.15) is 27.7 Å². The van der Waals surface area contributed by atoms with Crippen molar-refractivity contribution in [2.75, 3.05) is 6.54 Å². The Morgan fingerprint density at radius 3 is 2.00 bits per heavy atom. The third-order valence-electron chi connectivity index (χ3n) is 2.05. The Morgan fingerprint density at radius 1 is 1.27 bits per heavy atom. The second-order valence-corrected chi connectivity index (χ2v) is 5.16. The predicted molar refractivity (Wildman–Crippen MR) is 63.6 cm³/mol. The minimum absolute atomic E-state index is 0.0225. The van der Waals surface area contributed by atoms with Crippen molar-refractivity contribution >= 4 is 27.7 Å². The fourth-order valence-corrected chi connectivity index (χ4v) is 1.39. The van der Waals surface area contributed by atoms with Gasteiger partial charge in [-0.2, -0.15) is 0 Å². The van der Waals surface area contributed by atoms with Crippen molar-refractivity contribution in [3.05, 3.63) is 0 Å². The molecule has 4 nitrogen and oxygen atoms in total. The number of carbonyl (C=O) groups excluding carboxylic acids is 2. The first-order chi connectivity index (χ1) is 6.77. The van der Waals surface area contributed by atoms with E-state index in [0.717, 1.165) is 0 Å². The summed E-state index contributed by atoms with van der Waals surface area (Å²) in [7, 11) is 0. The van der Waals surface area contributed by atoms with Crippen molar-refractivity contribution in [2.24, 2.45) is 11.7 Å². The van der Waals surface area contributed by atoms with Crippen molar-refractivity contribution < 1.29 is 9.59 Å². The lowest BCUT2D eigenvalue weighted by molar-refractivity contribution is -0.136. The number of halogens is 1. The summed E-state index contributed by atoms with van der Waals surface area (Å²) in [5.74, 6) is -0.383. The van der Waals surface area contributed by atoms with E-state index in [1.807, 2.05) is 27.7 Å². The zero-order chi connectivity index (χ0) is 12.2. The highest BCUT2D eigenvalue weighted by atomic mass is 79.9. The summed E-state index contributed by atoms with van der Waals surface area (Å²) >= 11 is 3.32. The lowest BCUT2D eigenvalue weighted by Gasteiger charge is -2.28. The molecule has 2 amide bonds. The summed E-state index contributed by atoms with van der Waals surface area (Å²) in [6, 6.07) is -0.0243. The van der Waals surface area contributed by atoms with Crippen LogP contribution in [0.25, 0.3) is 0 Å². The minimum Gasteiger partial charge on any atom is -0.368 e. The summed E-state index contributed by atoms with van der Waals surface area (Å²) in [5, 5.41) is 0. The largest absolute Gasteiger partial charge is 0.368 e. The van der Waals surface area contributed by atoms with E-state index in [9.17, 15) is 9.59 Å². The number of primary amides is 1. The van der Waals surface area contributed by atoms with Gasteiger partial charge >= 0.3 is 0 Å². The predicted octanol–water partition coefficient (Wildman–Crippen LogP) is 1.13. The Kier molecular flexibility index (Phi) is 5.87. The van der Waals surface area contributed by atoms with Gasteiger partial charge in [-0.05, 0) is 19.8 Å². The highest BCUT2D eigenvalue weighted by Crippen LogP contribution is 2.16. The van der Waals surface area contributed by atoms with Gasteiger partial charge in [0, 0.05) is 6.04 Å². The summed E-state index contributed by atoms with van der Waals surface area (Å²) < 4.78 is 0. The third-order valence-corrected chi connectivity index (χ3v) is 3.50. The van der Waals surface area contributed by atoms with Crippen LogP contribution in [0.3, 0.4) is 0 Å². The molecule has 0 aromatic carbocycles. The Balaban J connectivity index is 4.62. The van der Waals surface area contributed by atoms with Crippen LogP contribution >= 0.6 is 15.9 Å². The standard InChI is InChI=1S/C10H19BrN2O2/c1-6(2)9(11)10(15)13(7(3)4)5-8(12)14/h6-7,9H,5H2,1-4H3,(H2,12,14). The second kappa shape index (κ2) is 6.10. The molecule has 0 bridgehead atoms. The van der Waals surface area contributed by atoms with Gasteiger partial charge in [0.05, 0.1) is 11.4 Å². The van der Waals surface area contributed by atoms with Crippen LogP contribution in [0, 0.1) is 5.92 Å². The Bertz CT molecular complexity index is 242. The van der Waals surface area contributed by atoms with Crippen LogP contribution in [-0.2, 0) is 9.59 Å². The molecule has 0 aliphatic rings. The highest BCUT2D eigenvalue weighted by Gasteiger charge is 2.27. The zero-order valence-corrected chi connectivity index (χ0v) is 11.2. The Labute approximate surface area is 99.3 Å². The summed E-state index contributed by atoms with van der Waals surface area (Å²) in [5.41, 5.74) is 5.10. The number of carbonyl (C=O) groups is 2. The van der Waals surface area contributed by atoms with E-state index in [-0.39, 0.29) is 29.2 Å². The van der Waals surface area contributed by atoms with E-state index in [1.54, 1.807) is 0 Å². The molecule has 0 spiro atoms. The number of hydrogen-bond donors (Lipinski definition) is 1. The molecule has 0 aromatic heterocycles. The molecule has 1 atom stereocenters. The first-order valence-electron chi connectivity index (χ1n) is 5.00. The van der Waals surface area contributed by atoms with Crippen LogP contribution in [0.2, 0.25) is 0 Å². The van der Waals surface area contributed by atoms with Crippen LogP contribution in [0.15, 0.2) is 0 Å². The van der Waals surface area contributed by atoms with E-state index in [0.29, 0.717) is 0 Å². The number of nitrogens with two attached hydrogens (primary N) is 1. The number of alkyl halides is 1. The maximum absolute atomic E-state index is 11.9. The highest BCUT2D eigenvalue weighted by molar-refractivity contribution is 9.10.